The Morgan fingerprint density at radius 1 is 1.19 bits per heavy atom. The minimum absolute atomic E-state index is 0.404. The van der Waals surface area contributed by atoms with Crippen molar-refractivity contribution in [3.63, 3.8) is 0 Å². The van der Waals surface area contributed by atoms with Crippen molar-refractivity contribution in [2.24, 2.45) is 0 Å². The van der Waals surface area contributed by atoms with E-state index in [1.807, 2.05) is 6.26 Å². The van der Waals surface area contributed by atoms with E-state index in [9.17, 15) is 0 Å². The first kappa shape index (κ1) is 16.8. The van der Waals surface area contributed by atoms with Gasteiger partial charge in [-0.05, 0) is 37.3 Å². The van der Waals surface area contributed by atoms with Crippen LogP contribution >= 0.6 is 34.9 Å². The predicted octanol–water partition coefficient (Wildman–Crippen LogP) is 4.86. The maximum atomic E-state index is 4.26. The Hall–Kier alpha value is -0.560. The molecule has 0 amide bonds. The van der Waals surface area contributed by atoms with Gasteiger partial charge in [0.05, 0.1) is 0 Å². The monoisotopic (exact) mass is 339 g/mol. The van der Waals surface area contributed by atoms with E-state index >= 15 is 0 Å². The summed E-state index contributed by atoms with van der Waals surface area (Å²) in [6.45, 7) is 5.48. The third-order valence-electron chi connectivity index (χ3n) is 3.10. The van der Waals surface area contributed by atoms with Crippen molar-refractivity contribution < 1.29 is 0 Å². The lowest BCUT2D eigenvalue weighted by Crippen LogP contribution is -2.21. The van der Waals surface area contributed by atoms with Crippen molar-refractivity contribution >= 4 is 34.9 Å². The molecule has 0 radical (unpaired) electrons. The second-order valence-corrected chi connectivity index (χ2v) is 7.91. The van der Waals surface area contributed by atoms with Crippen LogP contribution in [0.4, 0.5) is 0 Å². The van der Waals surface area contributed by atoms with Crippen molar-refractivity contribution in [2.75, 3.05) is 12.8 Å². The fourth-order valence-electron chi connectivity index (χ4n) is 2.07. The highest BCUT2D eigenvalue weighted by Crippen LogP contribution is 2.36. The summed E-state index contributed by atoms with van der Waals surface area (Å²) in [5.41, 5.74) is 1.36. The van der Waals surface area contributed by atoms with Crippen LogP contribution in [0.15, 0.2) is 37.8 Å². The molecule has 1 N–H and O–H groups in total. The number of aromatic nitrogens is 2. The maximum Gasteiger partial charge on any atom is 0.179 e. The summed E-state index contributed by atoms with van der Waals surface area (Å²) in [6, 6.07) is 9.01. The molecule has 2 rings (SSSR count). The molecular formula is C15H21N3S3. The minimum atomic E-state index is 0.404. The highest BCUT2D eigenvalue weighted by Gasteiger charge is 2.15. The predicted molar refractivity (Wildman–Crippen MR) is 93.6 cm³/mol. The van der Waals surface area contributed by atoms with E-state index in [-0.39, 0.29) is 0 Å². The van der Waals surface area contributed by atoms with Gasteiger partial charge in [0.25, 0.3) is 0 Å². The molecule has 0 spiro atoms. The number of benzene rings is 1. The summed E-state index contributed by atoms with van der Waals surface area (Å²) in [6.07, 6.45) is 4.27. The van der Waals surface area contributed by atoms with Crippen LogP contribution in [0, 0.1) is 0 Å². The van der Waals surface area contributed by atoms with Gasteiger partial charge in [0, 0.05) is 10.9 Å². The number of thioether (sulfide) groups is 1. The quantitative estimate of drug-likeness (QED) is 0.695. The van der Waals surface area contributed by atoms with E-state index in [1.54, 1.807) is 34.9 Å². The average molecular weight is 340 g/mol. The third kappa shape index (κ3) is 4.71. The Labute approximate surface area is 139 Å². The van der Waals surface area contributed by atoms with Gasteiger partial charge in [-0.15, -0.1) is 10.2 Å². The van der Waals surface area contributed by atoms with Gasteiger partial charge >= 0.3 is 0 Å². The molecule has 114 valence electrons. The lowest BCUT2D eigenvalue weighted by Gasteiger charge is -2.19. The molecule has 0 aliphatic heterocycles. The van der Waals surface area contributed by atoms with Crippen LogP contribution < -0.4 is 5.32 Å². The Morgan fingerprint density at radius 2 is 1.95 bits per heavy atom. The number of nitrogens with zero attached hydrogens (tertiary/aromatic N) is 2. The molecular weight excluding hydrogens is 318 g/mol. The van der Waals surface area contributed by atoms with Gasteiger partial charge in [-0.1, -0.05) is 66.9 Å². The standard InChI is InChI=1S/C15H21N3S3/c1-4-10-16-12(5-2)11-8-6-7-9-13(11)20-15-18-17-14(19-3)21-15/h6-9,12,16H,4-5,10H2,1-3H3. The van der Waals surface area contributed by atoms with Crippen molar-refractivity contribution in [2.45, 2.75) is 46.3 Å². The molecule has 1 unspecified atom stereocenters. The van der Waals surface area contributed by atoms with Crippen molar-refractivity contribution in [3.05, 3.63) is 29.8 Å². The average Bonchev–Trinajstić information content (AvgIpc) is 2.97. The molecule has 1 atom stereocenters. The molecule has 6 heteroatoms. The summed E-state index contributed by atoms with van der Waals surface area (Å²) in [7, 11) is 0. The van der Waals surface area contributed by atoms with E-state index in [0.29, 0.717) is 6.04 Å². The number of rotatable bonds is 8. The number of nitrogens with one attached hydrogen (secondary N) is 1. The Bertz CT molecular complexity index is 557. The molecule has 1 aromatic carbocycles. The van der Waals surface area contributed by atoms with Gasteiger partial charge in [-0.2, -0.15) is 0 Å². The molecule has 0 aliphatic carbocycles. The molecule has 1 heterocycles. The minimum Gasteiger partial charge on any atom is -0.310 e. The normalized spacial score (nSPS) is 12.5. The van der Waals surface area contributed by atoms with Gasteiger partial charge in [0.15, 0.2) is 8.68 Å². The van der Waals surface area contributed by atoms with Gasteiger partial charge in [0.2, 0.25) is 0 Å². The second-order valence-electron chi connectivity index (χ2n) is 4.59. The Balaban J connectivity index is 2.18. The van der Waals surface area contributed by atoms with Crippen LogP contribution in [0.1, 0.15) is 38.3 Å². The molecule has 21 heavy (non-hydrogen) atoms. The summed E-state index contributed by atoms with van der Waals surface area (Å²) in [5.74, 6) is 0. The molecule has 2 aromatic rings. The van der Waals surface area contributed by atoms with Crippen LogP contribution in [-0.4, -0.2) is 23.0 Å². The fourth-order valence-corrected chi connectivity index (χ4v) is 4.65. The summed E-state index contributed by atoms with van der Waals surface area (Å²) < 4.78 is 2.03. The fraction of sp³-hybridized carbons (Fsp3) is 0.467. The first-order chi connectivity index (χ1) is 10.3. The lowest BCUT2D eigenvalue weighted by atomic mass is 10.0. The van der Waals surface area contributed by atoms with E-state index < -0.39 is 0 Å². The zero-order chi connectivity index (χ0) is 15.1. The Morgan fingerprint density at radius 3 is 2.62 bits per heavy atom. The molecule has 1 aromatic heterocycles. The van der Waals surface area contributed by atoms with Crippen LogP contribution in [0.25, 0.3) is 0 Å². The van der Waals surface area contributed by atoms with E-state index in [0.717, 1.165) is 28.1 Å². The Kier molecular flexibility index (Phi) is 7.03. The van der Waals surface area contributed by atoms with E-state index in [4.69, 9.17) is 0 Å². The summed E-state index contributed by atoms with van der Waals surface area (Å²) in [5, 5.41) is 12.1. The van der Waals surface area contributed by atoms with E-state index in [1.165, 1.54) is 10.5 Å². The van der Waals surface area contributed by atoms with Crippen molar-refractivity contribution in [1.82, 2.24) is 15.5 Å². The highest BCUT2D eigenvalue weighted by molar-refractivity contribution is 8.03. The van der Waals surface area contributed by atoms with Crippen molar-refractivity contribution in [1.29, 1.82) is 0 Å². The lowest BCUT2D eigenvalue weighted by molar-refractivity contribution is 0.512. The molecule has 0 aliphatic rings. The van der Waals surface area contributed by atoms with Crippen LogP contribution in [-0.2, 0) is 0 Å². The van der Waals surface area contributed by atoms with Crippen molar-refractivity contribution in [3.8, 4) is 0 Å². The van der Waals surface area contributed by atoms with Crippen LogP contribution in [0.5, 0.6) is 0 Å². The molecule has 0 fully saturated rings. The smallest absolute Gasteiger partial charge is 0.179 e. The molecule has 0 saturated carbocycles. The zero-order valence-corrected chi connectivity index (χ0v) is 15.1. The second kappa shape index (κ2) is 8.78. The first-order valence-corrected chi connectivity index (χ1v) is 10.0. The summed E-state index contributed by atoms with van der Waals surface area (Å²) >= 11 is 5.02. The zero-order valence-electron chi connectivity index (χ0n) is 12.6. The molecule has 0 saturated heterocycles. The van der Waals surface area contributed by atoms with Crippen LogP contribution in [0.2, 0.25) is 0 Å². The van der Waals surface area contributed by atoms with E-state index in [2.05, 4.69) is 53.6 Å². The maximum absolute atomic E-state index is 4.26. The topological polar surface area (TPSA) is 37.8 Å². The van der Waals surface area contributed by atoms with Crippen LogP contribution in [0.3, 0.4) is 0 Å². The SMILES string of the molecule is CCCNC(CC)c1ccccc1Sc1nnc(SC)s1. The molecule has 0 bridgehead atoms. The third-order valence-corrected chi connectivity index (χ3v) is 6.14. The van der Waals surface area contributed by atoms with Gasteiger partial charge in [-0.3, -0.25) is 0 Å². The van der Waals surface area contributed by atoms with Gasteiger partial charge in [0.1, 0.15) is 0 Å². The number of hydrogen-bond acceptors (Lipinski definition) is 6. The highest BCUT2D eigenvalue weighted by atomic mass is 32.2. The van der Waals surface area contributed by atoms with Gasteiger partial charge < -0.3 is 5.32 Å². The number of hydrogen-bond donors (Lipinski definition) is 1. The largest absolute Gasteiger partial charge is 0.310 e. The first-order valence-electron chi connectivity index (χ1n) is 7.16. The van der Waals surface area contributed by atoms with Gasteiger partial charge in [-0.25, -0.2) is 0 Å². The molecule has 3 nitrogen and oxygen atoms in total. The summed E-state index contributed by atoms with van der Waals surface area (Å²) in [4.78, 5) is 1.27.